The SMILES string of the molecule is B[C@H]1C[C@@H](OC)[C@@H](CC#C)O1. The van der Waals surface area contributed by atoms with Gasteiger partial charge >= 0.3 is 0 Å². The van der Waals surface area contributed by atoms with E-state index in [2.05, 4.69) is 5.92 Å². The van der Waals surface area contributed by atoms with Crippen LogP contribution < -0.4 is 0 Å². The third-order valence-electron chi connectivity index (χ3n) is 2.01. The molecule has 1 saturated heterocycles. The Hall–Kier alpha value is -0.455. The van der Waals surface area contributed by atoms with E-state index in [0.717, 1.165) is 6.42 Å². The smallest absolute Gasteiger partial charge is 0.139 e. The lowest BCUT2D eigenvalue weighted by molar-refractivity contribution is 0.0132. The molecular weight excluding hydrogens is 139 g/mol. The van der Waals surface area contributed by atoms with Gasteiger partial charge in [0.15, 0.2) is 0 Å². The molecule has 3 heteroatoms. The monoisotopic (exact) mass is 152 g/mol. The first-order chi connectivity index (χ1) is 5.27. The Balaban J connectivity index is 2.45. The summed E-state index contributed by atoms with van der Waals surface area (Å²) in [5.74, 6) is 2.59. The van der Waals surface area contributed by atoms with Gasteiger partial charge in [-0.05, 0) is 6.42 Å². The number of ether oxygens (including phenoxy) is 2. The maximum atomic E-state index is 5.54. The molecule has 1 aliphatic heterocycles. The Kier molecular flexibility index (Phi) is 2.98. The van der Waals surface area contributed by atoms with Gasteiger partial charge in [0.25, 0.3) is 0 Å². The molecule has 1 rings (SSSR count). The molecule has 0 aromatic heterocycles. The Morgan fingerprint density at radius 1 is 1.82 bits per heavy atom. The molecule has 1 fully saturated rings. The van der Waals surface area contributed by atoms with Crippen molar-refractivity contribution >= 4 is 7.85 Å². The first-order valence-corrected chi connectivity index (χ1v) is 3.89. The van der Waals surface area contributed by atoms with Gasteiger partial charge in [0.2, 0.25) is 0 Å². The zero-order valence-electron chi connectivity index (χ0n) is 7.04. The number of hydrogen-bond donors (Lipinski definition) is 0. The summed E-state index contributed by atoms with van der Waals surface area (Å²) in [6.07, 6.45) is 7.11. The van der Waals surface area contributed by atoms with Gasteiger partial charge in [0.05, 0.1) is 12.2 Å². The highest BCUT2D eigenvalue weighted by molar-refractivity contribution is 6.11. The molecule has 0 amide bonds. The maximum absolute atomic E-state index is 5.54. The zero-order valence-corrected chi connectivity index (χ0v) is 7.04. The van der Waals surface area contributed by atoms with Crippen LogP contribution in [-0.2, 0) is 9.47 Å². The average Bonchev–Trinajstić information content (AvgIpc) is 2.32. The minimum Gasteiger partial charge on any atom is -0.380 e. The number of hydrogen-bond acceptors (Lipinski definition) is 2. The fraction of sp³-hybridized carbons (Fsp3) is 0.750. The standard InChI is InChI=1S/C8H13BO2/c1-3-4-6-7(10-2)5-8(9)11-6/h1,6-8H,4-5,9H2,2H3/t6-,7-,8-/m1/s1. The fourth-order valence-corrected chi connectivity index (χ4v) is 1.46. The Morgan fingerprint density at radius 2 is 2.55 bits per heavy atom. The second kappa shape index (κ2) is 3.80. The largest absolute Gasteiger partial charge is 0.380 e. The average molecular weight is 152 g/mol. The number of methoxy groups -OCH3 is 1. The predicted octanol–water partition coefficient (Wildman–Crippen LogP) is -0.227. The van der Waals surface area contributed by atoms with Crippen LogP contribution in [0.25, 0.3) is 0 Å². The highest BCUT2D eigenvalue weighted by Gasteiger charge is 2.31. The number of rotatable bonds is 2. The molecule has 0 spiro atoms. The van der Waals surface area contributed by atoms with Gasteiger partial charge in [0.1, 0.15) is 7.85 Å². The Morgan fingerprint density at radius 3 is 3.09 bits per heavy atom. The lowest BCUT2D eigenvalue weighted by Crippen LogP contribution is -2.22. The van der Waals surface area contributed by atoms with E-state index in [0.29, 0.717) is 12.4 Å². The van der Waals surface area contributed by atoms with Gasteiger partial charge in [0, 0.05) is 19.5 Å². The predicted molar refractivity (Wildman–Crippen MR) is 46.1 cm³/mol. The summed E-state index contributed by atoms with van der Waals surface area (Å²) in [5.41, 5.74) is 0. The van der Waals surface area contributed by atoms with E-state index in [1.807, 2.05) is 7.85 Å². The van der Waals surface area contributed by atoms with E-state index < -0.39 is 0 Å². The first kappa shape index (κ1) is 8.64. The lowest BCUT2D eigenvalue weighted by Gasteiger charge is -2.13. The van der Waals surface area contributed by atoms with Gasteiger partial charge in [-0.1, -0.05) is 0 Å². The van der Waals surface area contributed by atoms with Crippen molar-refractivity contribution in [2.45, 2.75) is 31.1 Å². The highest BCUT2D eigenvalue weighted by atomic mass is 16.6. The van der Waals surface area contributed by atoms with Crippen molar-refractivity contribution < 1.29 is 9.47 Å². The topological polar surface area (TPSA) is 18.5 Å². The summed E-state index contributed by atoms with van der Waals surface area (Å²) >= 11 is 0. The van der Waals surface area contributed by atoms with Crippen LogP contribution in [0.4, 0.5) is 0 Å². The van der Waals surface area contributed by atoms with E-state index >= 15 is 0 Å². The summed E-state index contributed by atoms with van der Waals surface area (Å²) in [7, 11) is 3.75. The molecule has 0 N–H and O–H groups in total. The van der Waals surface area contributed by atoms with E-state index in [9.17, 15) is 0 Å². The second-order valence-electron chi connectivity index (χ2n) is 2.90. The number of terminal acetylenes is 1. The third kappa shape index (κ3) is 1.98. The van der Waals surface area contributed by atoms with Crippen LogP contribution in [0.3, 0.4) is 0 Å². The van der Waals surface area contributed by atoms with Crippen LogP contribution in [0, 0.1) is 12.3 Å². The molecule has 0 aromatic carbocycles. The molecule has 0 radical (unpaired) electrons. The van der Waals surface area contributed by atoms with Crippen molar-refractivity contribution in [3.8, 4) is 12.3 Å². The lowest BCUT2D eigenvalue weighted by atomic mass is 9.96. The van der Waals surface area contributed by atoms with Gasteiger partial charge in [-0.2, -0.15) is 0 Å². The maximum Gasteiger partial charge on any atom is 0.139 e. The molecule has 3 atom stereocenters. The van der Waals surface area contributed by atoms with Crippen molar-refractivity contribution in [1.82, 2.24) is 0 Å². The Bertz CT molecular complexity index is 164. The first-order valence-electron chi connectivity index (χ1n) is 3.89. The highest BCUT2D eigenvalue weighted by Crippen LogP contribution is 2.22. The van der Waals surface area contributed by atoms with Gasteiger partial charge in [-0.15, -0.1) is 12.3 Å². The molecule has 0 aliphatic carbocycles. The van der Waals surface area contributed by atoms with Gasteiger partial charge < -0.3 is 9.47 Å². The molecule has 1 heterocycles. The molecule has 2 nitrogen and oxygen atoms in total. The van der Waals surface area contributed by atoms with Crippen LogP contribution in [0.2, 0.25) is 0 Å². The summed E-state index contributed by atoms with van der Waals surface area (Å²) in [4.78, 5) is 0. The quantitative estimate of drug-likeness (QED) is 0.402. The molecule has 0 unspecified atom stereocenters. The van der Waals surface area contributed by atoms with E-state index in [-0.39, 0.29) is 12.2 Å². The van der Waals surface area contributed by atoms with Crippen molar-refractivity contribution in [2.24, 2.45) is 0 Å². The van der Waals surface area contributed by atoms with Crippen LogP contribution in [0.15, 0.2) is 0 Å². The molecule has 11 heavy (non-hydrogen) atoms. The normalized spacial score (nSPS) is 36.9. The van der Waals surface area contributed by atoms with Crippen LogP contribution in [0.5, 0.6) is 0 Å². The van der Waals surface area contributed by atoms with Crippen molar-refractivity contribution in [2.75, 3.05) is 7.11 Å². The molecule has 1 aliphatic rings. The van der Waals surface area contributed by atoms with Crippen LogP contribution in [-0.4, -0.2) is 33.2 Å². The molecule has 60 valence electrons. The summed E-state index contributed by atoms with van der Waals surface area (Å²) in [5, 5.41) is 0. The minimum atomic E-state index is 0.111. The summed E-state index contributed by atoms with van der Waals surface area (Å²) in [6.45, 7) is 0. The molecule has 0 saturated carbocycles. The van der Waals surface area contributed by atoms with Crippen LogP contribution in [0.1, 0.15) is 12.8 Å². The fourth-order valence-electron chi connectivity index (χ4n) is 1.46. The van der Waals surface area contributed by atoms with Crippen molar-refractivity contribution in [3.05, 3.63) is 0 Å². The second-order valence-corrected chi connectivity index (χ2v) is 2.90. The van der Waals surface area contributed by atoms with Crippen LogP contribution >= 0.6 is 0 Å². The minimum absolute atomic E-state index is 0.111. The Labute approximate surface area is 68.7 Å². The van der Waals surface area contributed by atoms with Gasteiger partial charge in [-0.3, -0.25) is 0 Å². The zero-order chi connectivity index (χ0) is 8.27. The van der Waals surface area contributed by atoms with Crippen molar-refractivity contribution in [3.63, 3.8) is 0 Å². The molecular formula is C8H13BO2. The summed E-state index contributed by atoms with van der Waals surface area (Å²) < 4.78 is 10.8. The van der Waals surface area contributed by atoms with Crippen molar-refractivity contribution in [1.29, 1.82) is 0 Å². The molecule has 0 bridgehead atoms. The summed E-state index contributed by atoms with van der Waals surface area (Å²) in [6, 6.07) is 0.290. The van der Waals surface area contributed by atoms with E-state index in [1.54, 1.807) is 7.11 Å². The third-order valence-corrected chi connectivity index (χ3v) is 2.01. The van der Waals surface area contributed by atoms with Gasteiger partial charge in [-0.25, -0.2) is 0 Å². The van der Waals surface area contributed by atoms with E-state index in [1.165, 1.54) is 0 Å². The molecule has 0 aromatic rings. The van der Waals surface area contributed by atoms with E-state index in [4.69, 9.17) is 15.9 Å².